The molecule has 4 N–H and O–H groups in total. The maximum absolute atomic E-state index is 13.0. The molecule has 10 heteroatoms. The van der Waals surface area contributed by atoms with Gasteiger partial charge in [0.2, 0.25) is 10.0 Å². The molecule has 3 atom stereocenters. The lowest BCUT2D eigenvalue weighted by Crippen LogP contribution is -2.48. The zero-order valence-electron chi connectivity index (χ0n) is 12.0. The molecule has 1 aromatic carbocycles. The Bertz CT molecular complexity index is 680. The van der Waals surface area contributed by atoms with Crippen LogP contribution in [0.1, 0.15) is 24.8 Å². The SMILES string of the molecule is O=S(=O)(NC1CCC2NNNC2C1)c1ccccc1C(F)(F)F. The first-order valence-electron chi connectivity index (χ1n) is 7.22. The van der Waals surface area contributed by atoms with Crippen LogP contribution in [0.15, 0.2) is 29.2 Å². The predicted octanol–water partition coefficient (Wildman–Crippen LogP) is 0.886. The van der Waals surface area contributed by atoms with Crippen molar-refractivity contribution < 1.29 is 21.6 Å². The van der Waals surface area contributed by atoms with E-state index in [2.05, 4.69) is 21.1 Å². The Morgan fingerprint density at radius 3 is 2.52 bits per heavy atom. The van der Waals surface area contributed by atoms with E-state index < -0.39 is 32.7 Å². The summed E-state index contributed by atoms with van der Waals surface area (Å²) in [5, 5.41) is 0. The lowest BCUT2D eigenvalue weighted by atomic mass is 9.88. The quantitative estimate of drug-likeness (QED) is 0.651. The van der Waals surface area contributed by atoms with Crippen molar-refractivity contribution in [2.45, 2.75) is 48.5 Å². The summed E-state index contributed by atoms with van der Waals surface area (Å²) >= 11 is 0. The molecular formula is C13H17F3N4O2S. The number of hydrogen-bond acceptors (Lipinski definition) is 5. The summed E-state index contributed by atoms with van der Waals surface area (Å²) in [6.45, 7) is 0. The van der Waals surface area contributed by atoms with E-state index in [1.165, 1.54) is 12.1 Å². The second kappa shape index (κ2) is 6.02. The van der Waals surface area contributed by atoms with Crippen LogP contribution in [0, 0.1) is 0 Å². The van der Waals surface area contributed by atoms with Crippen molar-refractivity contribution in [2.24, 2.45) is 0 Å². The number of alkyl halides is 3. The van der Waals surface area contributed by atoms with Gasteiger partial charge in [-0.3, -0.25) is 0 Å². The molecule has 128 valence electrons. The highest BCUT2D eigenvalue weighted by atomic mass is 32.2. The molecule has 1 heterocycles. The van der Waals surface area contributed by atoms with Crippen molar-refractivity contribution in [3.63, 3.8) is 0 Å². The third-order valence-electron chi connectivity index (χ3n) is 4.17. The molecule has 1 aliphatic heterocycles. The average Bonchev–Trinajstić information content (AvgIpc) is 2.93. The van der Waals surface area contributed by atoms with E-state index in [1.807, 2.05) is 0 Å². The molecule has 23 heavy (non-hydrogen) atoms. The summed E-state index contributed by atoms with van der Waals surface area (Å²) in [5.74, 6) is 0. The van der Waals surface area contributed by atoms with Gasteiger partial charge in [0.25, 0.3) is 0 Å². The molecule has 1 aromatic rings. The molecule has 0 spiro atoms. The van der Waals surface area contributed by atoms with E-state index in [4.69, 9.17) is 0 Å². The molecule has 1 saturated carbocycles. The van der Waals surface area contributed by atoms with E-state index in [0.717, 1.165) is 18.6 Å². The van der Waals surface area contributed by atoms with E-state index in [1.54, 1.807) is 0 Å². The van der Waals surface area contributed by atoms with E-state index >= 15 is 0 Å². The van der Waals surface area contributed by atoms with Crippen LogP contribution in [0.3, 0.4) is 0 Å². The second-order valence-corrected chi connectivity index (χ2v) is 7.43. The van der Waals surface area contributed by atoms with Crippen LogP contribution < -0.4 is 21.1 Å². The zero-order valence-corrected chi connectivity index (χ0v) is 12.8. The standard InChI is InChI=1S/C13H17F3N4O2S/c14-13(15,16)9-3-1-2-4-12(9)23(21,22)19-8-5-6-10-11(7-8)18-20-17-10/h1-4,8,10-11,17-20H,5-7H2. The average molecular weight is 350 g/mol. The highest BCUT2D eigenvalue weighted by Gasteiger charge is 2.39. The van der Waals surface area contributed by atoms with Crippen molar-refractivity contribution in [1.29, 1.82) is 0 Å². The van der Waals surface area contributed by atoms with Crippen LogP contribution in [0.2, 0.25) is 0 Å². The molecule has 2 fully saturated rings. The Kier molecular flexibility index (Phi) is 4.36. The molecule has 0 amide bonds. The monoisotopic (exact) mass is 350 g/mol. The van der Waals surface area contributed by atoms with E-state index in [-0.39, 0.29) is 12.1 Å². The zero-order chi connectivity index (χ0) is 16.7. The van der Waals surface area contributed by atoms with Gasteiger partial charge in [0.15, 0.2) is 0 Å². The summed E-state index contributed by atoms with van der Waals surface area (Å²) in [6, 6.07) is 4.04. The van der Waals surface area contributed by atoms with Crippen molar-refractivity contribution in [2.75, 3.05) is 0 Å². The van der Waals surface area contributed by atoms with Gasteiger partial charge in [0, 0.05) is 18.1 Å². The van der Waals surface area contributed by atoms with Crippen molar-refractivity contribution in [3.05, 3.63) is 29.8 Å². The lowest BCUT2D eigenvalue weighted by molar-refractivity contribution is -0.139. The Morgan fingerprint density at radius 1 is 1.09 bits per heavy atom. The molecule has 1 aliphatic carbocycles. The Morgan fingerprint density at radius 2 is 1.78 bits per heavy atom. The summed E-state index contributed by atoms with van der Waals surface area (Å²) in [7, 11) is -4.24. The van der Waals surface area contributed by atoms with Gasteiger partial charge in [0.05, 0.1) is 10.5 Å². The second-order valence-electron chi connectivity index (χ2n) is 5.75. The van der Waals surface area contributed by atoms with Gasteiger partial charge in [-0.05, 0) is 31.4 Å². The largest absolute Gasteiger partial charge is 0.417 e. The predicted molar refractivity (Wildman–Crippen MR) is 76.4 cm³/mol. The van der Waals surface area contributed by atoms with Gasteiger partial charge in [-0.15, -0.1) is 0 Å². The molecule has 0 aromatic heterocycles. The van der Waals surface area contributed by atoms with Crippen LogP contribution in [0.25, 0.3) is 0 Å². The van der Waals surface area contributed by atoms with Gasteiger partial charge in [-0.1, -0.05) is 12.1 Å². The highest BCUT2D eigenvalue weighted by Crippen LogP contribution is 2.34. The Labute approximate surface area is 131 Å². The minimum absolute atomic E-state index is 0.0364. The summed E-state index contributed by atoms with van der Waals surface area (Å²) in [4.78, 5) is -0.731. The van der Waals surface area contributed by atoms with Crippen LogP contribution in [-0.4, -0.2) is 26.5 Å². The van der Waals surface area contributed by atoms with Crippen LogP contribution in [0.5, 0.6) is 0 Å². The fraction of sp³-hybridized carbons (Fsp3) is 0.538. The Balaban J connectivity index is 1.80. The minimum atomic E-state index is -4.72. The number of fused-ring (bicyclic) bond motifs is 1. The third-order valence-corrected chi connectivity index (χ3v) is 5.75. The Hall–Kier alpha value is -1.20. The third kappa shape index (κ3) is 3.50. The van der Waals surface area contributed by atoms with Gasteiger partial charge >= 0.3 is 6.18 Å². The first-order chi connectivity index (χ1) is 10.8. The molecule has 0 radical (unpaired) electrons. The van der Waals surface area contributed by atoms with Crippen LogP contribution >= 0.6 is 0 Å². The summed E-state index contributed by atoms with van der Waals surface area (Å²) < 4.78 is 66.3. The molecule has 6 nitrogen and oxygen atoms in total. The normalized spacial score (nSPS) is 28.6. The van der Waals surface area contributed by atoms with Gasteiger partial charge in [-0.25, -0.2) is 24.0 Å². The molecule has 1 saturated heterocycles. The first-order valence-corrected chi connectivity index (χ1v) is 8.70. The smallest absolute Gasteiger partial charge is 0.240 e. The maximum Gasteiger partial charge on any atom is 0.417 e. The number of benzene rings is 1. The maximum atomic E-state index is 13.0. The number of sulfonamides is 1. The van der Waals surface area contributed by atoms with Gasteiger partial charge in [0.1, 0.15) is 0 Å². The number of rotatable bonds is 3. The number of nitrogens with one attached hydrogen (secondary N) is 4. The van der Waals surface area contributed by atoms with Crippen LogP contribution in [0.4, 0.5) is 13.2 Å². The van der Waals surface area contributed by atoms with Crippen molar-refractivity contribution >= 4 is 10.0 Å². The molecule has 0 bridgehead atoms. The number of hydrogen-bond donors (Lipinski definition) is 4. The molecule has 3 rings (SSSR count). The lowest BCUT2D eigenvalue weighted by Gasteiger charge is -2.30. The van der Waals surface area contributed by atoms with Crippen LogP contribution in [-0.2, 0) is 16.2 Å². The molecule has 2 aliphatic rings. The van der Waals surface area contributed by atoms with E-state index in [0.29, 0.717) is 12.8 Å². The number of halogens is 3. The van der Waals surface area contributed by atoms with Crippen molar-refractivity contribution in [3.8, 4) is 0 Å². The fourth-order valence-corrected chi connectivity index (χ4v) is 4.57. The summed E-state index contributed by atoms with van der Waals surface area (Å²) in [5.41, 5.74) is 7.62. The molecular weight excluding hydrogens is 333 g/mol. The summed E-state index contributed by atoms with van der Waals surface area (Å²) in [6.07, 6.45) is -2.94. The number of hydrazine groups is 2. The fourth-order valence-electron chi connectivity index (χ4n) is 3.06. The van der Waals surface area contributed by atoms with Gasteiger partial charge < -0.3 is 0 Å². The first kappa shape index (κ1) is 16.7. The topological polar surface area (TPSA) is 82.3 Å². The van der Waals surface area contributed by atoms with E-state index in [9.17, 15) is 21.6 Å². The van der Waals surface area contributed by atoms with Crippen molar-refractivity contribution in [1.82, 2.24) is 21.1 Å². The highest BCUT2D eigenvalue weighted by molar-refractivity contribution is 7.89. The minimum Gasteiger partial charge on any atom is -0.240 e. The molecule has 3 unspecified atom stereocenters. The van der Waals surface area contributed by atoms with Gasteiger partial charge in [-0.2, -0.15) is 18.7 Å².